The van der Waals surface area contributed by atoms with Gasteiger partial charge in [-0.1, -0.05) is 19.3 Å². The van der Waals surface area contributed by atoms with Crippen LogP contribution in [0, 0.1) is 5.92 Å². The number of aryl methyl sites for hydroxylation is 1. The van der Waals surface area contributed by atoms with E-state index in [-0.39, 0.29) is 0 Å². The van der Waals surface area contributed by atoms with Gasteiger partial charge in [0.2, 0.25) is 0 Å². The molecule has 1 atom stereocenters. The maximum atomic E-state index is 4.39. The molecule has 3 aliphatic rings. The third kappa shape index (κ3) is 6.80. The third-order valence-electron chi connectivity index (χ3n) is 7.51. The predicted octanol–water partition coefficient (Wildman–Crippen LogP) is 3.72. The van der Waals surface area contributed by atoms with Gasteiger partial charge >= 0.3 is 0 Å². The van der Waals surface area contributed by atoms with Gasteiger partial charge in [0, 0.05) is 51.2 Å². The van der Waals surface area contributed by atoms with Crippen LogP contribution in [-0.2, 0) is 6.54 Å². The Bertz CT molecular complexity index is 548. The molecule has 164 valence electrons. The van der Waals surface area contributed by atoms with Crippen LogP contribution in [0.3, 0.4) is 0 Å². The van der Waals surface area contributed by atoms with Crippen molar-refractivity contribution < 1.29 is 0 Å². The van der Waals surface area contributed by atoms with Gasteiger partial charge < -0.3 is 14.7 Å². The zero-order chi connectivity index (χ0) is 19.7. The van der Waals surface area contributed by atoms with E-state index in [1.165, 1.54) is 117 Å². The highest BCUT2D eigenvalue weighted by atomic mass is 15.3. The summed E-state index contributed by atoms with van der Waals surface area (Å²) in [5.74, 6) is 0.871. The minimum atomic E-state index is 0.871. The molecule has 1 aromatic rings. The number of aromatic nitrogens is 2. The highest BCUT2D eigenvalue weighted by molar-refractivity contribution is 4.84. The van der Waals surface area contributed by atoms with E-state index in [4.69, 9.17) is 0 Å². The number of piperidine rings is 2. The number of nitrogens with zero attached hydrogens (tertiary/aromatic N) is 5. The lowest BCUT2D eigenvalue weighted by atomic mass is 9.95. The lowest BCUT2D eigenvalue weighted by Gasteiger charge is -2.39. The van der Waals surface area contributed by atoms with Gasteiger partial charge in [0.05, 0.1) is 0 Å². The van der Waals surface area contributed by atoms with Crippen molar-refractivity contribution in [1.82, 2.24) is 24.5 Å². The van der Waals surface area contributed by atoms with E-state index in [1.54, 1.807) is 0 Å². The summed E-state index contributed by atoms with van der Waals surface area (Å²) in [6.07, 6.45) is 18.1. The van der Waals surface area contributed by atoms with Crippen molar-refractivity contribution >= 4 is 0 Å². The van der Waals surface area contributed by atoms with Crippen LogP contribution in [0.25, 0.3) is 0 Å². The summed E-state index contributed by atoms with van der Waals surface area (Å²) in [7, 11) is 0. The fourth-order valence-corrected chi connectivity index (χ4v) is 5.86. The highest BCUT2D eigenvalue weighted by Crippen LogP contribution is 2.28. The average Bonchev–Trinajstić information content (AvgIpc) is 3.47. The van der Waals surface area contributed by atoms with Gasteiger partial charge in [-0.15, -0.1) is 0 Å². The normalized spacial score (nSPS) is 25.2. The van der Waals surface area contributed by atoms with E-state index >= 15 is 0 Å². The molecule has 3 heterocycles. The number of likely N-dealkylation sites (tertiary alicyclic amines) is 2. The topological polar surface area (TPSA) is 27.5 Å². The van der Waals surface area contributed by atoms with Crippen LogP contribution in [-0.4, -0.2) is 82.9 Å². The number of hydrogen-bond acceptors (Lipinski definition) is 4. The second kappa shape index (κ2) is 11.5. The Hall–Kier alpha value is -0.910. The second-order valence-corrected chi connectivity index (χ2v) is 9.77. The molecule has 0 N–H and O–H groups in total. The SMILES string of the molecule is c1cnn(CCCN(CCN2CCCCC2)CC2CCCN(C3CCCC3)C2)c1. The second-order valence-electron chi connectivity index (χ2n) is 9.77. The van der Waals surface area contributed by atoms with E-state index in [9.17, 15) is 0 Å². The monoisotopic (exact) mass is 401 g/mol. The van der Waals surface area contributed by atoms with Gasteiger partial charge in [-0.05, 0) is 83.1 Å². The maximum Gasteiger partial charge on any atom is 0.0489 e. The lowest BCUT2D eigenvalue weighted by molar-refractivity contribution is 0.0927. The molecule has 1 aliphatic carbocycles. The van der Waals surface area contributed by atoms with Crippen LogP contribution in [0.15, 0.2) is 18.5 Å². The standard InChI is InChI=1S/C24H43N5/c1-4-13-26(14-5-1)19-20-27(15-8-18-29-17-7-12-25-29)21-23-9-6-16-28(22-23)24-10-2-3-11-24/h7,12,17,23-24H,1-6,8-11,13-16,18-22H2. The number of rotatable bonds is 10. The first-order valence-corrected chi connectivity index (χ1v) is 12.5. The van der Waals surface area contributed by atoms with Crippen LogP contribution in [0.2, 0.25) is 0 Å². The van der Waals surface area contributed by atoms with Gasteiger partial charge in [-0.3, -0.25) is 4.68 Å². The van der Waals surface area contributed by atoms with Gasteiger partial charge in [0.1, 0.15) is 0 Å². The zero-order valence-electron chi connectivity index (χ0n) is 18.6. The molecule has 0 bridgehead atoms. The third-order valence-corrected chi connectivity index (χ3v) is 7.51. The quantitative estimate of drug-likeness (QED) is 0.597. The van der Waals surface area contributed by atoms with Crippen LogP contribution < -0.4 is 0 Å². The van der Waals surface area contributed by atoms with Gasteiger partial charge in [0.15, 0.2) is 0 Å². The molecule has 2 saturated heterocycles. The van der Waals surface area contributed by atoms with E-state index in [1.807, 2.05) is 12.3 Å². The molecule has 0 aromatic carbocycles. The molecule has 1 saturated carbocycles. The summed E-state index contributed by atoms with van der Waals surface area (Å²) in [4.78, 5) is 8.35. The Morgan fingerprint density at radius 1 is 0.862 bits per heavy atom. The Labute approximate surface area is 178 Å². The van der Waals surface area contributed by atoms with E-state index < -0.39 is 0 Å². The molecule has 1 unspecified atom stereocenters. The summed E-state index contributed by atoms with van der Waals surface area (Å²) in [6, 6.07) is 2.94. The molecule has 0 radical (unpaired) electrons. The molecule has 29 heavy (non-hydrogen) atoms. The van der Waals surface area contributed by atoms with E-state index in [2.05, 4.69) is 30.7 Å². The Balaban J connectivity index is 1.26. The van der Waals surface area contributed by atoms with Crippen LogP contribution in [0.5, 0.6) is 0 Å². The summed E-state index contributed by atoms with van der Waals surface area (Å²) in [6.45, 7) is 11.4. The van der Waals surface area contributed by atoms with E-state index in [0.29, 0.717) is 0 Å². The fraction of sp³-hybridized carbons (Fsp3) is 0.875. The first kappa shape index (κ1) is 21.3. The van der Waals surface area contributed by atoms with Crippen LogP contribution in [0.1, 0.15) is 64.2 Å². The summed E-state index contributed by atoms with van der Waals surface area (Å²) in [5, 5.41) is 4.39. The lowest BCUT2D eigenvalue weighted by Crippen LogP contribution is -2.46. The minimum absolute atomic E-state index is 0.871. The first-order chi connectivity index (χ1) is 14.4. The molecule has 2 aliphatic heterocycles. The average molecular weight is 402 g/mol. The molecule has 5 nitrogen and oxygen atoms in total. The summed E-state index contributed by atoms with van der Waals surface area (Å²) < 4.78 is 2.09. The first-order valence-electron chi connectivity index (χ1n) is 12.5. The summed E-state index contributed by atoms with van der Waals surface area (Å²) >= 11 is 0. The summed E-state index contributed by atoms with van der Waals surface area (Å²) in [5.41, 5.74) is 0. The predicted molar refractivity (Wildman–Crippen MR) is 120 cm³/mol. The fourth-order valence-electron chi connectivity index (χ4n) is 5.86. The largest absolute Gasteiger partial charge is 0.302 e. The van der Waals surface area contributed by atoms with Crippen LogP contribution in [0.4, 0.5) is 0 Å². The van der Waals surface area contributed by atoms with Crippen molar-refractivity contribution in [1.29, 1.82) is 0 Å². The Morgan fingerprint density at radius 2 is 1.72 bits per heavy atom. The smallest absolute Gasteiger partial charge is 0.0489 e. The van der Waals surface area contributed by atoms with Gasteiger partial charge in [0.25, 0.3) is 0 Å². The zero-order valence-corrected chi connectivity index (χ0v) is 18.6. The Kier molecular flexibility index (Phi) is 8.44. The van der Waals surface area contributed by atoms with Gasteiger partial charge in [-0.25, -0.2) is 0 Å². The van der Waals surface area contributed by atoms with Crippen molar-refractivity contribution in [3.05, 3.63) is 18.5 Å². The van der Waals surface area contributed by atoms with Crippen molar-refractivity contribution in [2.45, 2.75) is 76.8 Å². The highest BCUT2D eigenvalue weighted by Gasteiger charge is 2.28. The van der Waals surface area contributed by atoms with Crippen molar-refractivity contribution in [2.24, 2.45) is 5.92 Å². The molecule has 4 rings (SSSR count). The van der Waals surface area contributed by atoms with Gasteiger partial charge in [-0.2, -0.15) is 5.10 Å². The van der Waals surface area contributed by atoms with Crippen molar-refractivity contribution in [3.8, 4) is 0 Å². The Morgan fingerprint density at radius 3 is 2.52 bits per heavy atom. The molecule has 0 spiro atoms. The number of hydrogen-bond donors (Lipinski definition) is 0. The molecule has 5 heteroatoms. The van der Waals surface area contributed by atoms with Crippen molar-refractivity contribution in [3.63, 3.8) is 0 Å². The molecule has 1 aromatic heterocycles. The molecular formula is C24H43N5. The van der Waals surface area contributed by atoms with E-state index in [0.717, 1.165) is 18.5 Å². The minimum Gasteiger partial charge on any atom is -0.302 e. The maximum absolute atomic E-state index is 4.39. The molecule has 3 fully saturated rings. The van der Waals surface area contributed by atoms with Crippen molar-refractivity contribution in [2.75, 3.05) is 52.4 Å². The molecule has 0 amide bonds. The molecular weight excluding hydrogens is 358 g/mol. The van der Waals surface area contributed by atoms with Crippen LogP contribution >= 0.6 is 0 Å².